The molecule has 0 aliphatic carbocycles. The lowest BCUT2D eigenvalue weighted by Gasteiger charge is -2.13. The standard InChI is InChI=1S/C27H34O6/c1-6-7-8-9-16-30-25-23-14-13-22(32-21(5)28)18-24(23)33-27(29)26(25)31-17-15-20(4)12-10-11-19(2)3/h7-8,11,13-15,18H,6,9-10,12,16-17H2,1-5H3/b8-7?,20-15+. The fourth-order valence-corrected chi connectivity index (χ4v) is 3.10. The summed E-state index contributed by atoms with van der Waals surface area (Å²) in [5.41, 5.74) is 2.09. The van der Waals surface area contributed by atoms with Crippen molar-refractivity contribution in [1.29, 1.82) is 0 Å². The SMILES string of the molecule is CCC=CCCOc1c(OC/C=C(\C)CCC=C(C)C)c(=O)oc2cc(OC(C)=O)ccc12. The zero-order chi connectivity index (χ0) is 24.2. The number of ether oxygens (including phenoxy) is 3. The maximum atomic E-state index is 12.7. The van der Waals surface area contributed by atoms with Gasteiger partial charge in [0.1, 0.15) is 17.9 Å². The third-order valence-electron chi connectivity index (χ3n) is 4.74. The molecule has 6 heteroatoms. The van der Waals surface area contributed by atoms with Crippen LogP contribution in [0.25, 0.3) is 11.0 Å². The van der Waals surface area contributed by atoms with Gasteiger partial charge >= 0.3 is 11.6 Å². The van der Waals surface area contributed by atoms with E-state index in [0.29, 0.717) is 29.9 Å². The second-order valence-corrected chi connectivity index (χ2v) is 8.00. The minimum atomic E-state index is -0.642. The molecule has 0 bridgehead atoms. The largest absolute Gasteiger partial charge is 0.488 e. The molecule has 0 aliphatic rings. The summed E-state index contributed by atoms with van der Waals surface area (Å²) in [6.45, 7) is 10.2. The molecular formula is C27H34O6. The summed E-state index contributed by atoms with van der Waals surface area (Å²) >= 11 is 0. The lowest BCUT2D eigenvalue weighted by molar-refractivity contribution is -0.131. The Balaban J connectivity index is 2.29. The molecule has 0 fully saturated rings. The number of rotatable bonds is 12. The molecular weight excluding hydrogens is 420 g/mol. The van der Waals surface area contributed by atoms with Crippen LogP contribution in [0, 0.1) is 0 Å². The van der Waals surface area contributed by atoms with Crippen LogP contribution in [0.4, 0.5) is 0 Å². The number of carbonyl (C=O) groups excluding carboxylic acids is 1. The van der Waals surface area contributed by atoms with Gasteiger partial charge in [-0.3, -0.25) is 4.79 Å². The Morgan fingerprint density at radius 2 is 1.79 bits per heavy atom. The van der Waals surface area contributed by atoms with Gasteiger partial charge in [0, 0.05) is 13.0 Å². The number of hydrogen-bond acceptors (Lipinski definition) is 6. The molecule has 0 saturated carbocycles. The van der Waals surface area contributed by atoms with E-state index in [1.165, 1.54) is 24.1 Å². The third-order valence-corrected chi connectivity index (χ3v) is 4.74. The number of esters is 1. The van der Waals surface area contributed by atoms with Crippen LogP contribution in [0.1, 0.15) is 60.3 Å². The molecule has 1 aromatic heterocycles. The van der Waals surface area contributed by atoms with Crippen LogP contribution in [-0.2, 0) is 4.79 Å². The third kappa shape index (κ3) is 8.64. The summed E-state index contributed by atoms with van der Waals surface area (Å²) in [7, 11) is 0. The Morgan fingerprint density at radius 3 is 2.48 bits per heavy atom. The van der Waals surface area contributed by atoms with Crippen molar-refractivity contribution in [2.24, 2.45) is 0 Å². The Morgan fingerprint density at radius 1 is 1.00 bits per heavy atom. The molecule has 178 valence electrons. The monoisotopic (exact) mass is 454 g/mol. The van der Waals surface area contributed by atoms with Crippen molar-refractivity contribution < 1.29 is 23.4 Å². The van der Waals surface area contributed by atoms with Gasteiger partial charge in [0.2, 0.25) is 5.75 Å². The van der Waals surface area contributed by atoms with E-state index in [2.05, 4.69) is 32.9 Å². The van der Waals surface area contributed by atoms with Crippen LogP contribution in [0.5, 0.6) is 17.2 Å². The zero-order valence-corrected chi connectivity index (χ0v) is 20.2. The number of allylic oxidation sites excluding steroid dienone is 4. The van der Waals surface area contributed by atoms with Crippen molar-refractivity contribution in [3.05, 3.63) is 64.1 Å². The number of benzene rings is 1. The highest BCUT2D eigenvalue weighted by Gasteiger charge is 2.18. The molecule has 0 unspecified atom stereocenters. The average Bonchev–Trinajstić information content (AvgIpc) is 2.74. The molecule has 0 amide bonds. The molecule has 1 heterocycles. The first-order chi connectivity index (χ1) is 15.8. The van der Waals surface area contributed by atoms with Crippen molar-refractivity contribution in [2.75, 3.05) is 13.2 Å². The van der Waals surface area contributed by atoms with Crippen molar-refractivity contribution in [2.45, 2.75) is 60.3 Å². The maximum Gasteiger partial charge on any atom is 0.383 e. The first-order valence-electron chi connectivity index (χ1n) is 11.3. The van der Waals surface area contributed by atoms with Gasteiger partial charge < -0.3 is 18.6 Å². The first kappa shape index (κ1) is 26.0. The summed E-state index contributed by atoms with van der Waals surface area (Å²) in [4.78, 5) is 24.0. The molecule has 2 rings (SSSR count). The summed E-state index contributed by atoms with van der Waals surface area (Å²) in [5, 5.41) is 0.573. The molecule has 0 atom stereocenters. The fourth-order valence-electron chi connectivity index (χ4n) is 3.10. The first-order valence-corrected chi connectivity index (χ1v) is 11.3. The smallest absolute Gasteiger partial charge is 0.383 e. The molecule has 33 heavy (non-hydrogen) atoms. The predicted octanol–water partition coefficient (Wildman–Crippen LogP) is 6.52. The highest BCUT2D eigenvalue weighted by molar-refractivity contribution is 5.87. The minimum absolute atomic E-state index is 0.0376. The number of hydrogen-bond donors (Lipinski definition) is 0. The topological polar surface area (TPSA) is 75.0 Å². The van der Waals surface area contributed by atoms with Crippen molar-refractivity contribution in [3.8, 4) is 17.2 Å². The van der Waals surface area contributed by atoms with E-state index < -0.39 is 11.6 Å². The van der Waals surface area contributed by atoms with Crippen LogP contribution in [0.2, 0.25) is 0 Å². The summed E-state index contributed by atoms with van der Waals surface area (Å²) < 4.78 is 22.4. The van der Waals surface area contributed by atoms with Gasteiger partial charge in [-0.05, 0) is 64.7 Å². The van der Waals surface area contributed by atoms with Crippen LogP contribution in [-0.4, -0.2) is 19.2 Å². The molecule has 0 radical (unpaired) electrons. The van der Waals surface area contributed by atoms with Crippen LogP contribution in [0.15, 0.2) is 62.9 Å². The quantitative estimate of drug-likeness (QED) is 0.119. The molecule has 1 aromatic carbocycles. The molecule has 0 saturated heterocycles. The predicted molar refractivity (Wildman–Crippen MR) is 131 cm³/mol. The summed E-state index contributed by atoms with van der Waals surface area (Å²) in [5.74, 6) is 0.202. The Bertz CT molecular complexity index is 1080. The van der Waals surface area contributed by atoms with Crippen molar-refractivity contribution >= 4 is 16.9 Å². The number of carbonyl (C=O) groups is 1. The highest BCUT2D eigenvalue weighted by atomic mass is 16.5. The van der Waals surface area contributed by atoms with E-state index in [-0.39, 0.29) is 17.9 Å². The van der Waals surface area contributed by atoms with Gasteiger partial charge in [-0.1, -0.05) is 36.3 Å². The van der Waals surface area contributed by atoms with Crippen molar-refractivity contribution in [3.63, 3.8) is 0 Å². The lowest BCUT2D eigenvalue weighted by Crippen LogP contribution is -2.11. The van der Waals surface area contributed by atoms with E-state index in [0.717, 1.165) is 19.3 Å². The minimum Gasteiger partial charge on any atom is -0.488 e. The second-order valence-electron chi connectivity index (χ2n) is 8.00. The molecule has 6 nitrogen and oxygen atoms in total. The van der Waals surface area contributed by atoms with E-state index in [4.69, 9.17) is 18.6 Å². The Labute approximate surface area is 195 Å². The van der Waals surface area contributed by atoms with Gasteiger partial charge in [0.15, 0.2) is 5.75 Å². The Kier molecular flexibility index (Phi) is 10.5. The number of fused-ring (bicyclic) bond motifs is 1. The van der Waals surface area contributed by atoms with Crippen molar-refractivity contribution in [1.82, 2.24) is 0 Å². The van der Waals surface area contributed by atoms with E-state index in [1.54, 1.807) is 12.1 Å². The second kappa shape index (κ2) is 13.3. The maximum absolute atomic E-state index is 12.7. The van der Waals surface area contributed by atoms with Gasteiger partial charge in [-0.25, -0.2) is 4.79 Å². The molecule has 2 aromatic rings. The Hall–Kier alpha value is -3.28. The van der Waals surface area contributed by atoms with Gasteiger partial charge in [-0.2, -0.15) is 0 Å². The van der Waals surface area contributed by atoms with E-state index in [1.807, 2.05) is 19.1 Å². The highest BCUT2D eigenvalue weighted by Crippen LogP contribution is 2.35. The summed E-state index contributed by atoms with van der Waals surface area (Å²) in [6, 6.07) is 4.82. The molecule has 0 aliphatic heterocycles. The van der Waals surface area contributed by atoms with Crippen LogP contribution < -0.4 is 19.8 Å². The van der Waals surface area contributed by atoms with E-state index >= 15 is 0 Å². The molecule has 0 N–H and O–H groups in total. The normalized spacial score (nSPS) is 11.6. The van der Waals surface area contributed by atoms with Crippen LogP contribution in [0.3, 0.4) is 0 Å². The van der Waals surface area contributed by atoms with Gasteiger partial charge in [-0.15, -0.1) is 0 Å². The average molecular weight is 455 g/mol. The fraction of sp³-hybridized carbons (Fsp3) is 0.407. The lowest BCUT2D eigenvalue weighted by atomic mass is 10.1. The van der Waals surface area contributed by atoms with Gasteiger partial charge in [0.05, 0.1) is 12.0 Å². The summed E-state index contributed by atoms with van der Waals surface area (Å²) in [6.07, 6.45) is 11.8. The van der Waals surface area contributed by atoms with Gasteiger partial charge in [0.25, 0.3) is 0 Å². The van der Waals surface area contributed by atoms with Crippen LogP contribution >= 0.6 is 0 Å². The zero-order valence-electron chi connectivity index (χ0n) is 20.2. The molecule has 0 spiro atoms. The van der Waals surface area contributed by atoms with E-state index in [9.17, 15) is 9.59 Å².